The van der Waals surface area contributed by atoms with Gasteiger partial charge in [-0.25, -0.2) is 0 Å². The SMILES string of the molecule is CCCCCCCCCCCCCCCCCC[Si](OC)(OC)OC(C)C.CCC[NH3+].[Cl-]. The Morgan fingerprint density at radius 1 is 0.594 bits per heavy atom. The molecule has 0 saturated carbocycles. The van der Waals surface area contributed by atoms with Crippen LogP contribution in [0.5, 0.6) is 0 Å². The summed E-state index contributed by atoms with van der Waals surface area (Å²) < 4.78 is 17.2. The number of unbranched alkanes of at least 4 members (excludes halogenated alkanes) is 15. The Labute approximate surface area is 209 Å². The highest BCUT2D eigenvalue weighted by Crippen LogP contribution is 2.21. The number of quaternary nitrogens is 1. The number of hydrogen-bond acceptors (Lipinski definition) is 3. The summed E-state index contributed by atoms with van der Waals surface area (Å²) in [5.74, 6) is 0. The molecular formula is C26H60ClNO3Si. The summed E-state index contributed by atoms with van der Waals surface area (Å²) >= 11 is 0. The van der Waals surface area contributed by atoms with Crippen molar-refractivity contribution in [2.45, 2.75) is 149 Å². The molecule has 198 valence electrons. The zero-order valence-corrected chi connectivity index (χ0v) is 24.6. The molecule has 0 aromatic heterocycles. The van der Waals surface area contributed by atoms with Gasteiger partial charge >= 0.3 is 8.80 Å². The molecule has 0 rings (SSSR count). The number of hydrogen-bond donors (Lipinski definition) is 1. The Morgan fingerprint density at radius 2 is 0.906 bits per heavy atom. The van der Waals surface area contributed by atoms with Gasteiger partial charge in [0.15, 0.2) is 0 Å². The maximum atomic E-state index is 5.95. The van der Waals surface area contributed by atoms with Crippen molar-refractivity contribution in [3.63, 3.8) is 0 Å². The Morgan fingerprint density at radius 3 is 1.16 bits per heavy atom. The Bertz CT molecular complexity index is 330. The summed E-state index contributed by atoms with van der Waals surface area (Å²) in [5.41, 5.74) is 3.60. The van der Waals surface area contributed by atoms with E-state index in [1.165, 1.54) is 103 Å². The van der Waals surface area contributed by atoms with Gasteiger partial charge < -0.3 is 31.4 Å². The fourth-order valence-electron chi connectivity index (χ4n) is 3.69. The van der Waals surface area contributed by atoms with Crippen molar-refractivity contribution in [2.24, 2.45) is 0 Å². The molecule has 3 N–H and O–H groups in total. The van der Waals surface area contributed by atoms with Gasteiger partial charge in [-0.3, -0.25) is 0 Å². The summed E-state index contributed by atoms with van der Waals surface area (Å²) in [4.78, 5) is 0. The monoisotopic (exact) mass is 497 g/mol. The van der Waals surface area contributed by atoms with Crippen molar-refractivity contribution in [2.75, 3.05) is 20.8 Å². The fourth-order valence-corrected chi connectivity index (χ4v) is 5.98. The fraction of sp³-hybridized carbons (Fsp3) is 1.00. The summed E-state index contributed by atoms with van der Waals surface area (Å²) in [5, 5.41) is 0. The first-order valence-corrected chi connectivity index (χ1v) is 15.5. The molecule has 0 aliphatic carbocycles. The topological polar surface area (TPSA) is 55.3 Å². The van der Waals surface area contributed by atoms with Crippen LogP contribution in [0.3, 0.4) is 0 Å². The van der Waals surface area contributed by atoms with Crippen LogP contribution >= 0.6 is 0 Å². The van der Waals surface area contributed by atoms with E-state index in [9.17, 15) is 0 Å². The number of rotatable bonds is 22. The Balaban J connectivity index is -0.00000154. The van der Waals surface area contributed by atoms with Crippen LogP contribution in [0.2, 0.25) is 6.04 Å². The maximum absolute atomic E-state index is 5.95. The molecule has 0 aromatic rings. The lowest BCUT2D eigenvalue weighted by atomic mass is 10.0. The van der Waals surface area contributed by atoms with Crippen molar-refractivity contribution in [1.82, 2.24) is 0 Å². The van der Waals surface area contributed by atoms with E-state index in [0.29, 0.717) is 0 Å². The van der Waals surface area contributed by atoms with E-state index in [1.54, 1.807) is 14.2 Å². The highest BCUT2D eigenvalue weighted by molar-refractivity contribution is 6.60. The van der Waals surface area contributed by atoms with E-state index in [-0.39, 0.29) is 18.5 Å². The molecule has 0 saturated heterocycles. The van der Waals surface area contributed by atoms with Gasteiger partial charge in [0.05, 0.1) is 6.54 Å². The molecule has 0 aromatic carbocycles. The van der Waals surface area contributed by atoms with Crippen LogP contribution in [-0.4, -0.2) is 35.7 Å². The molecule has 0 fully saturated rings. The van der Waals surface area contributed by atoms with Crippen molar-refractivity contribution in [3.05, 3.63) is 0 Å². The standard InChI is InChI=1S/C23H50O3Si.C3H9N.ClH/c1-6-7-8-9-10-11-12-13-14-15-16-17-18-19-20-21-22-27(24-4,25-5)26-23(2)3;1-2-3-4;/h23H,6-22H2,1-5H3;2-4H2,1H3;1H. The lowest BCUT2D eigenvalue weighted by Gasteiger charge is -2.28. The van der Waals surface area contributed by atoms with Gasteiger partial charge in [-0.15, -0.1) is 0 Å². The van der Waals surface area contributed by atoms with Crippen LogP contribution < -0.4 is 18.1 Å². The summed E-state index contributed by atoms with van der Waals surface area (Å²) in [7, 11) is 1.04. The van der Waals surface area contributed by atoms with Gasteiger partial charge in [0.25, 0.3) is 0 Å². The third-order valence-electron chi connectivity index (χ3n) is 5.73. The molecule has 0 atom stereocenters. The van der Waals surface area contributed by atoms with Crippen LogP contribution in [0.25, 0.3) is 0 Å². The largest absolute Gasteiger partial charge is 1.00 e. The summed E-state index contributed by atoms with van der Waals surface area (Å²) in [6, 6.07) is 0.941. The molecule has 0 amide bonds. The minimum absolute atomic E-state index is 0. The molecule has 32 heavy (non-hydrogen) atoms. The predicted molar refractivity (Wildman–Crippen MR) is 138 cm³/mol. The molecule has 4 nitrogen and oxygen atoms in total. The molecule has 0 aliphatic rings. The third-order valence-corrected chi connectivity index (χ3v) is 8.77. The van der Waals surface area contributed by atoms with E-state index in [1.807, 2.05) is 13.8 Å². The van der Waals surface area contributed by atoms with Crippen LogP contribution in [0.1, 0.15) is 137 Å². The highest BCUT2D eigenvalue weighted by Gasteiger charge is 2.39. The molecule has 0 heterocycles. The molecule has 0 bridgehead atoms. The average molecular weight is 498 g/mol. The van der Waals surface area contributed by atoms with Crippen LogP contribution in [-0.2, 0) is 13.3 Å². The van der Waals surface area contributed by atoms with E-state index >= 15 is 0 Å². The van der Waals surface area contributed by atoms with E-state index < -0.39 is 8.80 Å². The van der Waals surface area contributed by atoms with Crippen LogP contribution in [0, 0.1) is 0 Å². The maximum Gasteiger partial charge on any atom is 0.500 e. The minimum atomic E-state index is -2.41. The lowest BCUT2D eigenvalue weighted by Crippen LogP contribution is -3.00. The van der Waals surface area contributed by atoms with Gasteiger partial charge in [0, 0.05) is 26.4 Å². The first-order valence-electron chi connectivity index (χ1n) is 13.6. The first-order chi connectivity index (χ1) is 15.0. The van der Waals surface area contributed by atoms with E-state index in [4.69, 9.17) is 13.3 Å². The zero-order valence-electron chi connectivity index (χ0n) is 22.8. The lowest BCUT2D eigenvalue weighted by molar-refractivity contribution is -0.367. The quantitative estimate of drug-likeness (QED) is 0.176. The predicted octanol–water partition coefficient (Wildman–Crippen LogP) is 4.55. The van der Waals surface area contributed by atoms with Crippen LogP contribution in [0.4, 0.5) is 0 Å². The smallest absolute Gasteiger partial charge is 0.500 e. The van der Waals surface area contributed by atoms with Crippen molar-refractivity contribution >= 4 is 8.80 Å². The van der Waals surface area contributed by atoms with Crippen molar-refractivity contribution in [1.29, 1.82) is 0 Å². The van der Waals surface area contributed by atoms with E-state index in [0.717, 1.165) is 19.0 Å². The molecule has 0 unspecified atom stereocenters. The summed E-state index contributed by atoms with van der Waals surface area (Å²) in [6.07, 6.45) is 23.7. The second kappa shape index (κ2) is 29.4. The van der Waals surface area contributed by atoms with Gasteiger partial charge in [-0.2, -0.15) is 0 Å². The van der Waals surface area contributed by atoms with E-state index in [2.05, 4.69) is 19.6 Å². The van der Waals surface area contributed by atoms with Gasteiger partial charge in [0.1, 0.15) is 0 Å². The van der Waals surface area contributed by atoms with Crippen LogP contribution in [0.15, 0.2) is 0 Å². The molecule has 6 heteroatoms. The first kappa shape index (κ1) is 36.9. The highest BCUT2D eigenvalue weighted by atomic mass is 35.5. The Kier molecular flexibility index (Phi) is 33.9. The van der Waals surface area contributed by atoms with Crippen molar-refractivity contribution < 1.29 is 31.4 Å². The van der Waals surface area contributed by atoms with Gasteiger partial charge in [0.2, 0.25) is 0 Å². The third kappa shape index (κ3) is 26.6. The second-order valence-corrected chi connectivity index (χ2v) is 12.1. The molecular weight excluding hydrogens is 438 g/mol. The average Bonchev–Trinajstić information content (AvgIpc) is 2.77. The van der Waals surface area contributed by atoms with Gasteiger partial charge in [-0.05, 0) is 26.7 Å². The van der Waals surface area contributed by atoms with Crippen molar-refractivity contribution in [3.8, 4) is 0 Å². The summed E-state index contributed by atoms with van der Waals surface area (Å²) in [6.45, 7) is 9.57. The Hall–Kier alpha value is 0.347. The van der Waals surface area contributed by atoms with Gasteiger partial charge in [-0.1, -0.05) is 110 Å². The normalized spacial score (nSPS) is 11.2. The second-order valence-electron chi connectivity index (χ2n) is 9.16. The minimum Gasteiger partial charge on any atom is -1.00 e. The molecule has 0 radical (unpaired) electrons. The zero-order chi connectivity index (χ0) is 23.6. The molecule has 0 aliphatic heterocycles. The number of halogens is 1. The molecule has 0 spiro atoms.